The number of nitro groups is 1. The number of para-hydroxylation sites is 2. The summed E-state index contributed by atoms with van der Waals surface area (Å²) >= 11 is 0. The van der Waals surface area contributed by atoms with E-state index in [1.165, 1.54) is 24.3 Å². The van der Waals surface area contributed by atoms with Gasteiger partial charge in [0.25, 0.3) is 5.69 Å². The van der Waals surface area contributed by atoms with Gasteiger partial charge in [0.05, 0.1) is 4.92 Å². The lowest BCUT2D eigenvalue weighted by molar-refractivity contribution is -0.387. The fourth-order valence-electron chi connectivity index (χ4n) is 4.05. The number of nitrogens with zero attached hydrogens (tertiary/aromatic N) is 2. The normalized spacial score (nSPS) is 11.5. The van der Waals surface area contributed by atoms with E-state index in [0.29, 0.717) is 6.42 Å². The van der Waals surface area contributed by atoms with Crippen LogP contribution in [0.25, 0.3) is 16.5 Å². The summed E-state index contributed by atoms with van der Waals surface area (Å²) in [5.41, 5.74) is 5.03. The second-order valence-corrected chi connectivity index (χ2v) is 10.1. The van der Waals surface area contributed by atoms with Crippen molar-refractivity contribution in [2.75, 3.05) is 25.5 Å². The highest BCUT2D eigenvalue weighted by Crippen LogP contribution is 2.31. The van der Waals surface area contributed by atoms with Crippen molar-refractivity contribution in [3.05, 3.63) is 106 Å². The zero-order valence-electron chi connectivity index (χ0n) is 19.5. The Morgan fingerprint density at radius 3 is 2.37 bits per heavy atom. The number of nitrogens with one attached hydrogen (secondary N) is 2. The number of hydrogen-bond acceptors (Lipinski definition) is 5. The Morgan fingerprint density at radius 1 is 1.03 bits per heavy atom. The van der Waals surface area contributed by atoms with Crippen molar-refractivity contribution in [3.63, 3.8) is 0 Å². The number of sulfonamides is 1. The van der Waals surface area contributed by atoms with Crippen LogP contribution in [-0.4, -0.2) is 39.0 Å². The monoisotopic (exact) mass is 490 g/mol. The average Bonchev–Trinajstić information content (AvgIpc) is 3.22. The highest BCUT2D eigenvalue weighted by atomic mass is 32.2. The van der Waals surface area contributed by atoms with Crippen LogP contribution >= 0.6 is 0 Å². The topological polar surface area (TPSA) is 108 Å². The van der Waals surface area contributed by atoms with Crippen LogP contribution in [-0.2, 0) is 16.4 Å². The SMILES string of the molecule is C=C(c1ccc(N(C)C)cc1)c1[nH]c2ccccc2c1CCNS(=O)(=O)c1ccccc1[N+](=O)[O-]. The van der Waals surface area contributed by atoms with Crippen molar-refractivity contribution < 1.29 is 13.3 Å². The maximum Gasteiger partial charge on any atom is 0.289 e. The Morgan fingerprint density at radius 2 is 1.69 bits per heavy atom. The first-order valence-electron chi connectivity index (χ1n) is 11.0. The first kappa shape index (κ1) is 24.2. The Kier molecular flexibility index (Phi) is 6.72. The molecule has 0 atom stereocenters. The maximum atomic E-state index is 12.8. The van der Waals surface area contributed by atoms with Gasteiger partial charge in [-0.05, 0) is 47.4 Å². The van der Waals surface area contributed by atoms with Gasteiger partial charge in [0, 0.05) is 49.0 Å². The van der Waals surface area contributed by atoms with Crippen LogP contribution < -0.4 is 9.62 Å². The first-order chi connectivity index (χ1) is 16.7. The van der Waals surface area contributed by atoms with E-state index in [2.05, 4.69) is 16.3 Å². The lowest BCUT2D eigenvalue weighted by Crippen LogP contribution is -2.26. The molecule has 0 fully saturated rings. The minimum atomic E-state index is -4.07. The zero-order chi connectivity index (χ0) is 25.2. The molecule has 4 rings (SSSR count). The Hall–Kier alpha value is -3.95. The average molecular weight is 491 g/mol. The minimum Gasteiger partial charge on any atom is -0.378 e. The van der Waals surface area contributed by atoms with Crippen LogP contribution in [0.2, 0.25) is 0 Å². The van der Waals surface area contributed by atoms with Crippen LogP contribution in [0.15, 0.2) is 84.3 Å². The van der Waals surface area contributed by atoms with Crippen molar-refractivity contribution in [1.82, 2.24) is 9.71 Å². The number of aromatic nitrogens is 1. The van der Waals surface area contributed by atoms with Crippen molar-refractivity contribution >= 4 is 37.9 Å². The summed E-state index contributed by atoms with van der Waals surface area (Å²) in [5, 5.41) is 12.3. The Bertz CT molecular complexity index is 1510. The second kappa shape index (κ2) is 9.73. The zero-order valence-corrected chi connectivity index (χ0v) is 20.3. The van der Waals surface area contributed by atoms with Crippen LogP contribution in [0.5, 0.6) is 0 Å². The molecule has 0 spiro atoms. The molecule has 180 valence electrons. The van der Waals surface area contributed by atoms with Crippen molar-refractivity contribution in [3.8, 4) is 0 Å². The Balaban J connectivity index is 1.62. The summed E-state index contributed by atoms with van der Waals surface area (Å²) in [6.07, 6.45) is 0.369. The molecule has 0 aliphatic heterocycles. The number of H-pyrrole nitrogens is 1. The van der Waals surface area contributed by atoms with Crippen molar-refractivity contribution in [2.24, 2.45) is 0 Å². The van der Waals surface area contributed by atoms with E-state index in [1.54, 1.807) is 0 Å². The lowest BCUT2D eigenvalue weighted by atomic mass is 9.98. The van der Waals surface area contributed by atoms with Crippen molar-refractivity contribution in [2.45, 2.75) is 11.3 Å². The van der Waals surface area contributed by atoms with Gasteiger partial charge in [-0.3, -0.25) is 10.1 Å². The van der Waals surface area contributed by atoms with E-state index in [-0.39, 0.29) is 11.4 Å². The lowest BCUT2D eigenvalue weighted by Gasteiger charge is -2.14. The molecule has 0 saturated heterocycles. The molecule has 1 aromatic heterocycles. The molecule has 9 heteroatoms. The van der Waals surface area contributed by atoms with Gasteiger partial charge in [0.2, 0.25) is 10.0 Å². The number of fused-ring (bicyclic) bond motifs is 1. The third-order valence-corrected chi connectivity index (χ3v) is 7.37. The standard InChI is InChI=1S/C26H26N4O4S/c1-18(19-12-14-20(15-13-19)29(2)3)26-22(21-8-4-5-9-23(21)28-26)16-17-27-35(33,34)25-11-7-6-10-24(25)30(31)32/h4-15,27-28H,1,16-17H2,2-3H3. The predicted octanol–water partition coefficient (Wildman–Crippen LogP) is 4.72. The molecule has 0 aliphatic carbocycles. The third-order valence-electron chi connectivity index (χ3n) is 5.87. The third kappa shape index (κ3) is 4.96. The van der Waals surface area contributed by atoms with Crippen LogP contribution in [0.3, 0.4) is 0 Å². The first-order valence-corrected chi connectivity index (χ1v) is 12.5. The molecule has 2 N–H and O–H groups in total. The molecule has 4 aromatic rings. The van der Waals surface area contributed by atoms with E-state index in [0.717, 1.165) is 39.0 Å². The van der Waals surface area contributed by atoms with E-state index >= 15 is 0 Å². The fourth-order valence-corrected chi connectivity index (χ4v) is 5.25. The van der Waals surface area contributed by atoms with Crippen LogP contribution in [0.1, 0.15) is 16.8 Å². The smallest absolute Gasteiger partial charge is 0.289 e. The van der Waals surface area contributed by atoms with Gasteiger partial charge in [-0.2, -0.15) is 0 Å². The molecule has 0 bridgehead atoms. The minimum absolute atomic E-state index is 0.0656. The summed E-state index contributed by atoms with van der Waals surface area (Å²) in [6, 6.07) is 21.1. The number of hydrogen-bond donors (Lipinski definition) is 2. The summed E-state index contributed by atoms with van der Waals surface area (Å²) in [7, 11) is -0.116. The fraction of sp³-hybridized carbons (Fsp3) is 0.154. The number of anilines is 1. The summed E-state index contributed by atoms with van der Waals surface area (Å²) in [5.74, 6) is 0. The molecule has 0 aliphatic rings. The number of nitro benzene ring substituents is 1. The highest BCUT2D eigenvalue weighted by molar-refractivity contribution is 7.89. The largest absolute Gasteiger partial charge is 0.378 e. The number of aromatic amines is 1. The van der Waals surface area contributed by atoms with Gasteiger partial charge in [0.1, 0.15) is 0 Å². The van der Waals surface area contributed by atoms with Crippen LogP contribution in [0, 0.1) is 10.1 Å². The molecular formula is C26H26N4O4S. The maximum absolute atomic E-state index is 12.8. The van der Waals surface area contributed by atoms with Gasteiger partial charge in [0.15, 0.2) is 4.90 Å². The second-order valence-electron chi connectivity index (χ2n) is 8.32. The van der Waals surface area contributed by atoms with Crippen LogP contribution in [0.4, 0.5) is 11.4 Å². The van der Waals surface area contributed by atoms with E-state index in [1.807, 2.05) is 67.5 Å². The quantitative estimate of drug-likeness (QED) is 0.261. The van der Waals surface area contributed by atoms with Gasteiger partial charge < -0.3 is 9.88 Å². The van der Waals surface area contributed by atoms with E-state index in [9.17, 15) is 18.5 Å². The molecule has 0 amide bonds. The highest BCUT2D eigenvalue weighted by Gasteiger charge is 2.25. The van der Waals surface area contributed by atoms with E-state index < -0.39 is 20.6 Å². The Labute approximate surface area is 204 Å². The molecule has 0 saturated carbocycles. The summed E-state index contributed by atoms with van der Waals surface area (Å²) in [6.45, 7) is 4.37. The van der Waals surface area contributed by atoms with Gasteiger partial charge in [-0.15, -0.1) is 0 Å². The molecule has 3 aromatic carbocycles. The van der Waals surface area contributed by atoms with Gasteiger partial charge in [-0.25, -0.2) is 13.1 Å². The molecule has 35 heavy (non-hydrogen) atoms. The van der Waals surface area contributed by atoms with E-state index in [4.69, 9.17) is 0 Å². The molecule has 0 unspecified atom stereocenters. The molecule has 8 nitrogen and oxygen atoms in total. The van der Waals surface area contributed by atoms with Gasteiger partial charge >= 0.3 is 0 Å². The molecule has 1 heterocycles. The predicted molar refractivity (Wildman–Crippen MR) is 139 cm³/mol. The van der Waals surface area contributed by atoms with Gasteiger partial charge in [-0.1, -0.05) is 49.0 Å². The summed E-state index contributed by atoms with van der Waals surface area (Å²) in [4.78, 5) is 15.7. The molecular weight excluding hydrogens is 464 g/mol. The number of rotatable bonds is 9. The van der Waals surface area contributed by atoms with Crippen molar-refractivity contribution in [1.29, 1.82) is 0 Å². The summed E-state index contributed by atoms with van der Waals surface area (Å²) < 4.78 is 28.2. The molecule has 0 radical (unpaired) electrons. The number of benzene rings is 3.